The number of nitrogens with zero attached hydrogens (tertiary/aromatic N) is 1. The predicted molar refractivity (Wildman–Crippen MR) is 104 cm³/mol. The summed E-state index contributed by atoms with van der Waals surface area (Å²) in [6.07, 6.45) is 0.242. The number of hydrogen-bond donors (Lipinski definition) is 1. The van der Waals surface area contributed by atoms with Crippen LogP contribution in [0.1, 0.15) is 31.0 Å². The van der Waals surface area contributed by atoms with Crippen LogP contribution in [0, 0.1) is 12.8 Å². The summed E-state index contributed by atoms with van der Waals surface area (Å²) in [5, 5.41) is 0. The Kier molecular flexibility index (Phi) is 5.02. The molecule has 8 heteroatoms. The average Bonchev–Trinajstić information content (AvgIpc) is 3.10. The first-order valence-electron chi connectivity index (χ1n) is 9.60. The zero-order valence-electron chi connectivity index (χ0n) is 16.6. The van der Waals surface area contributed by atoms with Gasteiger partial charge in [0.05, 0.1) is 19.1 Å². The molecule has 1 aliphatic carbocycles. The van der Waals surface area contributed by atoms with Crippen LogP contribution in [0.2, 0.25) is 0 Å². The summed E-state index contributed by atoms with van der Waals surface area (Å²) < 4.78 is 19.0. The number of H-pyrrole nitrogens is 1. The molecule has 154 valence electrons. The minimum atomic E-state index is -0.882. The molecule has 8 nitrogen and oxygen atoms in total. The third-order valence-electron chi connectivity index (χ3n) is 5.38. The highest BCUT2D eigenvalue weighted by atomic mass is 16.8. The van der Waals surface area contributed by atoms with Gasteiger partial charge in [-0.05, 0) is 26.3 Å². The van der Waals surface area contributed by atoms with Crippen molar-refractivity contribution in [1.82, 2.24) is 9.55 Å². The first kappa shape index (κ1) is 19.8. The molecular weight excluding hydrogens is 376 g/mol. The second-order valence-corrected chi connectivity index (χ2v) is 8.00. The molecule has 0 spiro atoms. The van der Waals surface area contributed by atoms with E-state index < -0.39 is 41.2 Å². The van der Waals surface area contributed by atoms with Crippen LogP contribution >= 0.6 is 0 Å². The van der Waals surface area contributed by atoms with Crippen molar-refractivity contribution in [3.8, 4) is 0 Å². The van der Waals surface area contributed by atoms with Gasteiger partial charge in [-0.1, -0.05) is 30.3 Å². The quantitative estimate of drug-likeness (QED) is 0.813. The summed E-state index contributed by atoms with van der Waals surface area (Å²) >= 11 is 0. The Morgan fingerprint density at radius 1 is 1.10 bits per heavy atom. The van der Waals surface area contributed by atoms with Crippen LogP contribution in [0.15, 0.2) is 46.1 Å². The van der Waals surface area contributed by atoms with Crippen LogP contribution in [0.4, 0.5) is 0 Å². The summed E-state index contributed by atoms with van der Waals surface area (Å²) in [5.74, 6) is -1.65. The molecule has 2 heterocycles. The lowest BCUT2D eigenvalue weighted by atomic mass is 10.1. The van der Waals surface area contributed by atoms with Gasteiger partial charge in [0.1, 0.15) is 18.2 Å². The van der Waals surface area contributed by atoms with Crippen LogP contribution in [0.3, 0.4) is 0 Å². The van der Waals surface area contributed by atoms with Gasteiger partial charge in [0.2, 0.25) is 0 Å². The molecule has 4 unspecified atom stereocenters. The number of Topliss-reactive ketones (excluding diaryl/α,β-unsaturated/α-hetero) is 1. The van der Waals surface area contributed by atoms with E-state index >= 15 is 0 Å². The zero-order chi connectivity index (χ0) is 20.8. The Balaban J connectivity index is 1.60. The summed E-state index contributed by atoms with van der Waals surface area (Å²) in [7, 11) is 0. The molecule has 1 saturated heterocycles. The van der Waals surface area contributed by atoms with Crippen molar-refractivity contribution >= 4 is 5.78 Å². The first-order chi connectivity index (χ1) is 13.8. The second-order valence-electron chi connectivity index (χ2n) is 8.00. The van der Waals surface area contributed by atoms with Crippen LogP contribution < -0.4 is 11.2 Å². The van der Waals surface area contributed by atoms with Gasteiger partial charge in [-0.2, -0.15) is 0 Å². The number of rotatable bonds is 5. The lowest BCUT2D eigenvalue weighted by molar-refractivity contribution is -0.168. The van der Waals surface area contributed by atoms with E-state index in [0.29, 0.717) is 12.2 Å². The highest BCUT2D eigenvalue weighted by molar-refractivity contribution is 5.89. The molecule has 2 fully saturated rings. The summed E-state index contributed by atoms with van der Waals surface area (Å²) in [5.41, 5.74) is 0.232. The number of nitrogens with one attached hydrogen (secondary N) is 1. The first-order valence-corrected chi connectivity index (χ1v) is 9.60. The van der Waals surface area contributed by atoms with Gasteiger partial charge in [0, 0.05) is 11.8 Å². The number of ketones is 1. The van der Waals surface area contributed by atoms with Crippen LogP contribution in [-0.2, 0) is 25.6 Å². The molecule has 1 aromatic carbocycles. The van der Waals surface area contributed by atoms with Crippen molar-refractivity contribution < 1.29 is 19.0 Å². The van der Waals surface area contributed by atoms with Gasteiger partial charge in [-0.15, -0.1) is 0 Å². The molecule has 2 aromatic rings. The lowest BCUT2D eigenvalue weighted by Gasteiger charge is -2.23. The number of carbonyl (C=O) groups excluding carboxylic acids is 1. The van der Waals surface area contributed by atoms with E-state index in [0.717, 1.165) is 5.56 Å². The number of fused-ring (bicyclic) bond motifs is 1. The lowest BCUT2D eigenvalue weighted by Crippen LogP contribution is -2.40. The molecule has 4 atom stereocenters. The highest BCUT2D eigenvalue weighted by Gasteiger charge is 2.59. The standard InChI is InChI=1S/C21H24N2O6/c1-12-9-23(20(26)22-19(12)25)15-16(24)14(17-18(15)29-21(2,3)28-17)11-27-10-13-7-5-4-6-8-13/h4-9,14-15,17-18H,10-11H2,1-3H3,(H,22,25,26). The van der Waals surface area contributed by atoms with Gasteiger partial charge in [0.15, 0.2) is 11.6 Å². The SMILES string of the molecule is Cc1cn(C2C(=O)C(COCc3ccccc3)C3OC(C)(C)OC32)c(=O)[nH]c1=O. The van der Waals surface area contributed by atoms with Crippen LogP contribution in [0.5, 0.6) is 0 Å². The van der Waals surface area contributed by atoms with Crippen molar-refractivity contribution in [3.05, 3.63) is 68.5 Å². The fraction of sp³-hybridized carbons (Fsp3) is 0.476. The van der Waals surface area contributed by atoms with Gasteiger partial charge in [-0.3, -0.25) is 19.1 Å². The number of hydrogen-bond acceptors (Lipinski definition) is 6. The molecule has 0 bridgehead atoms. The summed E-state index contributed by atoms with van der Waals surface area (Å²) in [6.45, 7) is 5.66. The highest BCUT2D eigenvalue weighted by Crippen LogP contribution is 2.44. The minimum Gasteiger partial charge on any atom is -0.376 e. The Morgan fingerprint density at radius 2 is 1.79 bits per heavy atom. The number of benzene rings is 1. The molecule has 1 aliphatic heterocycles. The second kappa shape index (κ2) is 7.37. The van der Waals surface area contributed by atoms with Crippen molar-refractivity contribution in [3.63, 3.8) is 0 Å². The van der Waals surface area contributed by atoms with E-state index in [1.54, 1.807) is 20.8 Å². The molecule has 1 N–H and O–H groups in total. The topological polar surface area (TPSA) is 99.6 Å². The molecule has 1 saturated carbocycles. The van der Waals surface area contributed by atoms with Crippen LogP contribution in [-0.4, -0.2) is 39.9 Å². The summed E-state index contributed by atoms with van der Waals surface area (Å²) in [4.78, 5) is 39.6. The molecule has 0 amide bonds. The number of ether oxygens (including phenoxy) is 3. The molecule has 1 aromatic heterocycles. The Bertz CT molecular complexity index is 1030. The smallest absolute Gasteiger partial charge is 0.329 e. The molecular formula is C21H24N2O6. The van der Waals surface area contributed by atoms with E-state index in [1.807, 2.05) is 30.3 Å². The van der Waals surface area contributed by atoms with Gasteiger partial charge in [-0.25, -0.2) is 4.79 Å². The average molecular weight is 400 g/mol. The fourth-order valence-corrected chi connectivity index (χ4v) is 4.06. The maximum Gasteiger partial charge on any atom is 0.329 e. The van der Waals surface area contributed by atoms with E-state index in [-0.39, 0.29) is 12.4 Å². The summed E-state index contributed by atoms with van der Waals surface area (Å²) in [6, 6.07) is 8.79. The van der Waals surface area contributed by atoms with Crippen molar-refractivity contribution in [2.75, 3.05) is 6.61 Å². The zero-order valence-corrected chi connectivity index (χ0v) is 16.6. The number of carbonyl (C=O) groups is 1. The van der Waals surface area contributed by atoms with Crippen molar-refractivity contribution in [1.29, 1.82) is 0 Å². The van der Waals surface area contributed by atoms with Gasteiger partial charge >= 0.3 is 5.69 Å². The fourth-order valence-electron chi connectivity index (χ4n) is 4.06. The monoisotopic (exact) mass is 400 g/mol. The third kappa shape index (κ3) is 3.71. The van der Waals surface area contributed by atoms with E-state index in [9.17, 15) is 14.4 Å². The van der Waals surface area contributed by atoms with Crippen molar-refractivity contribution in [2.24, 2.45) is 5.92 Å². The number of aromatic nitrogens is 2. The van der Waals surface area contributed by atoms with Gasteiger partial charge in [0.25, 0.3) is 5.56 Å². The Labute approximate surface area is 167 Å². The van der Waals surface area contributed by atoms with Crippen LogP contribution in [0.25, 0.3) is 0 Å². The minimum absolute atomic E-state index is 0.155. The number of aromatic amines is 1. The Morgan fingerprint density at radius 3 is 2.52 bits per heavy atom. The molecule has 29 heavy (non-hydrogen) atoms. The molecule has 2 aliphatic rings. The van der Waals surface area contributed by atoms with Gasteiger partial charge < -0.3 is 14.2 Å². The molecule has 0 radical (unpaired) electrons. The predicted octanol–water partition coefficient (Wildman–Crippen LogP) is 1.32. The maximum absolute atomic E-state index is 13.2. The maximum atomic E-state index is 13.2. The normalized spacial score (nSPS) is 27.9. The molecule has 4 rings (SSSR count). The third-order valence-corrected chi connectivity index (χ3v) is 5.38. The van der Waals surface area contributed by atoms with E-state index in [1.165, 1.54) is 10.8 Å². The van der Waals surface area contributed by atoms with E-state index in [4.69, 9.17) is 14.2 Å². The largest absolute Gasteiger partial charge is 0.376 e. The number of aryl methyl sites for hydroxylation is 1. The van der Waals surface area contributed by atoms with Crippen molar-refractivity contribution in [2.45, 2.75) is 51.4 Å². The Hall–Kier alpha value is -2.55. The van der Waals surface area contributed by atoms with E-state index in [2.05, 4.69) is 4.98 Å².